The minimum Gasteiger partial charge on any atom is -0.298 e. The van der Waals surface area contributed by atoms with Crippen LogP contribution in [0, 0.1) is 6.92 Å². The van der Waals surface area contributed by atoms with Crippen molar-refractivity contribution in [3.63, 3.8) is 0 Å². The molecule has 0 fully saturated rings. The number of carbonyl (C=O) groups is 1. The monoisotopic (exact) mass is 419 g/mol. The van der Waals surface area contributed by atoms with Crippen LogP contribution >= 0.6 is 22.7 Å². The Balaban J connectivity index is 1.52. The maximum Gasteiger partial charge on any atom is 0.257 e. The van der Waals surface area contributed by atoms with Crippen molar-refractivity contribution in [2.24, 2.45) is 0 Å². The third-order valence-electron chi connectivity index (χ3n) is 4.31. The summed E-state index contributed by atoms with van der Waals surface area (Å²) in [5, 5.41) is 5.29. The van der Waals surface area contributed by atoms with Crippen molar-refractivity contribution in [3.05, 3.63) is 51.7 Å². The van der Waals surface area contributed by atoms with Crippen LogP contribution in [0.25, 0.3) is 10.6 Å². The first-order valence-corrected chi connectivity index (χ1v) is 11.8. The van der Waals surface area contributed by atoms with E-state index in [1.807, 2.05) is 24.4 Å². The van der Waals surface area contributed by atoms with Crippen LogP contribution in [0.5, 0.6) is 0 Å². The number of nitrogens with zero attached hydrogens (tertiary/aromatic N) is 2. The largest absolute Gasteiger partial charge is 0.298 e. The average molecular weight is 420 g/mol. The van der Waals surface area contributed by atoms with Gasteiger partial charge in [0.05, 0.1) is 22.5 Å². The van der Waals surface area contributed by atoms with Crippen molar-refractivity contribution < 1.29 is 13.2 Å². The summed E-state index contributed by atoms with van der Waals surface area (Å²) in [5.74, 6) is -0.251. The zero-order valence-corrected chi connectivity index (χ0v) is 17.2. The van der Waals surface area contributed by atoms with Crippen LogP contribution in [-0.2, 0) is 16.4 Å². The van der Waals surface area contributed by atoms with Crippen molar-refractivity contribution in [2.75, 3.05) is 22.4 Å². The van der Waals surface area contributed by atoms with E-state index in [0.29, 0.717) is 29.3 Å². The maximum absolute atomic E-state index is 12.6. The van der Waals surface area contributed by atoms with Crippen molar-refractivity contribution in [2.45, 2.75) is 13.3 Å². The summed E-state index contributed by atoms with van der Waals surface area (Å²) < 4.78 is 25.0. The molecule has 0 bridgehead atoms. The highest BCUT2D eigenvalue weighted by atomic mass is 32.2. The molecule has 27 heavy (non-hydrogen) atoms. The lowest BCUT2D eigenvalue weighted by molar-refractivity contribution is 0.102. The van der Waals surface area contributed by atoms with Gasteiger partial charge in [-0.05, 0) is 49.2 Å². The quantitative estimate of drug-likeness (QED) is 0.698. The Morgan fingerprint density at radius 1 is 1.26 bits per heavy atom. The molecule has 1 aromatic carbocycles. The van der Waals surface area contributed by atoms with E-state index in [2.05, 4.69) is 10.3 Å². The smallest absolute Gasteiger partial charge is 0.257 e. The number of aromatic nitrogens is 1. The number of benzene rings is 1. The van der Waals surface area contributed by atoms with Crippen LogP contribution in [-0.4, -0.2) is 32.1 Å². The highest BCUT2D eigenvalue weighted by Gasteiger charge is 2.26. The second kappa shape index (κ2) is 6.74. The van der Waals surface area contributed by atoms with Crippen molar-refractivity contribution >= 4 is 49.4 Å². The van der Waals surface area contributed by atoms with E-state index in [1.54, 1.807) is 29.5 Å². The van der Waals surface area contributed by atoms with Crippen LogP contribution in [0.15, 0.2) is 35.7 Å². The molecule has 9 heteroatoms. The predicted molar refractivity (Wildman–Crippen MR) is 110 cm³/mol. The van der Waals surface area contributed by atoms with Gasteiger partial charge < -0.3 is 0 Å². The fourth-order valence-electron chi connectivity index (χ4n) is 3.04. The fourth-order valence-corrected chi connectivity index (χ4v) is 5.61. The Labute approximate surface area is 165 Å². The van der Waals surface area contributed by atoms with Crippen LogP contribution in [0.4, 0.5) is 10.8 Å². The van der Waals surface area contributed by atoms with Gasteiger partial charge in [-0.1, -0.05) is 0 Å². The van der Waals surface area contributed by atoms with Gasteiger partial charge in [0.25, 0.3) is 5.91 Å². The number of carbonyl (C=O) groups excluding carboxylic acids is 1. The zero-order chi connectivity index (χ0) is 19.2. The number of anilines is 2. The molecule has 0 saturated carbocycles. The Morgan fingerprint density at radius 2 is 2.07 bits per heavy atom. The van der Waals surface area contributed by atoms with Crippen LogP contribution in [0.3, 0.4) is 0 Å². The molecule has 4 rings (SSSR count). The molecule has 1 N–H and O–H groups in total. The summed E-state index contributed by atoms with van der Waals surface area (Å²) in [4.78, 5) is 19.3. The number of sulfonamides is 1. The summed E-state index contributed by atoms with van der Waals surface area (Å²) in [6.07, 6.45) is 1.79. The van der Waals surface area contributed by atoms with Crippen molar-refractivity contribution in [1.29, 1.82) is 0 Å². The topological polar surface area (TPSA) is 79.4 Å². The first kappa shape index (κ1) is 18.1. The molecule has 1 aliphatic heterocycles. The summed E-state index contributed by atoms with van der Waals surface area (Å²) in [6.45, 7) is 2.46. The number of rotatable bonds is 4. The molecule has 0 spiro atoms. The normalized spacial score (nSPS) is 13.6. The minimum absolute atomic E-state index is 0.251. The minimum atomic E-state index is -3.29. The van der Waals surface area contributed by atoms with E-state index in [1.165, 1.54) is 26.8 Å². The molecule has 3 aromatic rings. The van der Waals surface area contributed by atoms with Gasteiger partial charge in [-0.25, -0.2) is 13.4 Å². The van der Waals surface area contributed by atoms with E-state index in [0.717, 1.165) is 16.1 Å². The molecule has 0 unspecified atom stereocenters. The molecule has 1 amide bonds. The number of hydrogen-bond acceptors (Lipinski definition) is 6. The number of amides is 1. The van der Waals surface area contributed by atoms with Crippen LogP contribution in [0.2, 0.25) is 0 Å². The van der Waals surface area contributed by atoms with E-state index in [-0.39, 0.29) is 5.91 Å². The number of hydrogen-bond donors (Lipinski definition) is 1. The molecule has 0 atom stereocenters. The summed E-state index contributed by atoms with van der Waals surface area (Å²) in [5.41, 5.74) is 2.86. The number of thiophene rings is 1. The second-order valence-corrected chi connectivity index (χ2v) is 10.4. The van der Waals surface area contributed by atoms with Gasteiger partial charge in [0.1, 0.15) is 0 Å². The molecule has 0 radical (unpaired) electrons. The van der Waals surface area contributed by atoms with Gasteiger partial charge in [-0.2, -0.15) is 0 Å². The fraction of sp³-hybridized carbons (Fsp3) is 0.222. The van der Waals surface area contributed by atoms with Gasteiger partial charge in [0.15, 0.2) is 5.13 Å². The molecule has 0 aliphatic carbocycles. The van der Waals surface area contributed by atoms with Crippen LogP contribution in [0.1, 0.15) is 20.8 Å². The third kappa shape index (κ3) is 3.62. The lowest BCUT2D eigenvalue weighted by Gasteiger charge is -2.16. The zero-order valence-electron chi connectivity index (χ0n) is 14.7. The summed E-state index contributed by atoms with van der Waals surface area (Å²) >= 11 is 3.04. The molecule has 1 aliphatic rings. The second-order valence-electron chi connectivity index (χ2n) is 6.33. The van der Waals surface area contributed by atoms with Crippen LogP contribution < -0.4 is 9.62 Å². The van der Waals surface area contributed by atoms with E-state index in [9.17, 15) is 13.2 Å². The Kier molecular flexibility index (Phi) is 4.53. The predicted octanol–water partition coefficient (Wildman–Crippen LogP) is 3.75. The number of nitrogens with one attached hydrogen (secondary N) is 1. The van der Waals surface area contributed by atoms with Crippen molar-refractivity contribution in [3.8, 4) is 10.6 Å². The Bertz CT molecular complexity index is 1130. The summed E-state index contributed by atoms with van der Waals surface area (Å²) in [7, 11) is -3.29. The van der Waals surface area contributed by atoms with Gasteiger partial charge in [-0.15, -0.1) is 22.7 Å². The molecule has 3 heterocycles. The SMILES string of the molecule is Cc1ccc(-c2csc(NC(=O)c3ccc4c(c3)CCN4S(C)(=O)=O)n2)s1. The first-order valence-electron chi connectivity index (χ1n) is 8.25. The Morgan fingerprint density at radius 3 is 2.78 bits per heavy atom. The van der Waals surface area contributed by atoms with Gasteiger partial charge in [0.2, 0.25) is 10.0 Å². The number of fused-ring (bicyclic) bond motifs is 1. The lowest BCUT2D eigenvalue weighted by Crippen LogP contribution is -2.27. The molecule has 140 valence electrons. The van der Waals surface area contributed by atoms with E-state index >= 15 is 0 Å². The number of aryl methyl sites for hydroxylation is 1. The lowest BCUT2D eigenvalue weighted by atomic mass is 10.1. The third-order valence-corrected chi connectivity index (χ3v) is 7.27. The average Bonchev–Trinajstić information content (AvgIpc) is 3.32. The number of thiazole rings is 1. The van der Waals surface area contributed by atoms with Gasteiger partial charge >= 0.3 is 0 Å². The molecular weight excluding hydrogens is 402 g/mol. The van der Waals surface area contributed by atoms with E-state index < -0.39 is 10.0 Å². The standard InChI is InChI=1S/C18H17N3O3S3/c1-11-3-6-16(26-11)14-10-25-18(19-14)20-17(22)13-4-5-15-12(9-13)7-8-21(15)27(2,23)24/h3-6,9-10H,7-8H2,1-2H3,(H,19,20,22). The first-order chi connectivity index (χ1) is 12.8. The highest BCUT2D eigenvalue weighted by Crippen LogP contribution is 2.32. The summed E-state index contributed by atoms with van der Waals surface area (Å²) in [6, 6.07) is 9.17. The Hall–Kier alpha value is -2.23. The van der Waals surface area contributed by atoms with Crippen molar-refractivity contribution in [1.82, 2.24) is 4.98 Å². The molecule has 2 aromatic heterocycles. The van der Waals surface area contributed by atoms with E-state index in [4.69, 9.17) is 0 Å². The molecule has 6 nitrogen and oxygen atoms in total. The van der Waals surface area contributed by atoms with Gasteiger partial charge in [0, 0.05) is 22.4 Å². The molecular formula is C18H17N3O3S3. The molecule has 0 saturated heterocycles. The van der Waals surface area contributed by atoms with Gasteiger partial charge in [-0.3, -0.25) is 14.4 Å². The highest BCUT2D eigenvalue weighted by molar-refractivity contribution is 7.92. The maximum atomic E-state index is 12.6.